The van der Waals surface area contributed by atoms with Crippen LogP contribution in [0.5, 0.6) is 5.75 Å². The summed E-state index contributed by atoms with van der Waals surface area (Å²) in [6.45, 7) is 9.39. The van der Waals surface area contributed by atoms with Gasteiger partial charge >= 0.3 is 0 Å². The highest BCUT2D eigenvalue weighted by Crippen LogP contribution is 2.32. The topological polar surface area (TPSA) is 9.23 Å². The predicted molar refractivity (Wildman–Crippen MR) is 75.4 cm³/mol. The van der Waals surface area contributed by atoms with Crippen molar-refractivity contribution >= 4 is 11.6 Å². The fraction of sp³-hybridized carbons (Fsp3) is 0.600. The zero-order valence-corrected chi connectivity index (χ0v) is 12.1. The largest absolute Gasteiger partial charge is 0.494 e. The van der Waals surface area contributed by atoms with Gasteiger partial charge in [-0.25, -0.2) is 0 Å². The SMILES string of the molecule is CCOc1ccc(CCCCl)cc1C(C)(C)C. The first-order chi connectivity index (χ1) is 7.99. The summed E-state index contributed by atoms with van der Waals surface area (Å²) in [5.41, 5.74) is 2.74. The zero-order chi connectivity index (χ0) is 12.9. The van der Waals surface area contributed by atoms with Gasteiger partial charge in [-0.05, 0) is 42.4 Å². The molecule has 0 unspecified atom stereocenters. The van der Waals surface area contributed by atoms with Gasteiger partial charge in [0.25, 0.3) is 0 Å². The van der Waals surface area contributed by atoms with Crippen LogP contribution < -0.4 is 4.74 Å². The number of rotatable bonds is 5. The Kier molecular flexibility index (Phi) is 5.32. The van der Waals surface area contributed by atoms with Gasteiger partial charge in [0.05, 0.1) is 6.61 Å². The summed E-state index contributed by atoms with van der Waals surface area (Å²) in [4.78, 5) is 0. The van der Waals surface area contributed by atoms with Crippen molar-refractivity contribution in [2.24, 2.45) is 0 Å². The Morgan fingerprint density at radius 2 is 1.94 bits per heavy atom. The normalized spacial score (nSPS) is 11.6. The molecule has 0 N–H and O–H groups in total. The Hall–Kier alpha value is -0.690. The second kappa shape index (κ2) is 6.30. The molecule has 1 nitrogen and oxygen atoms in total. The Balaban J connectivity index is 3.01. The van der Waals surface area contributed by atoms with Gasteiger partial charge in [-0.3, -0.25) is 0 Å². The third-order valence-corrected chi connectivity index (χ3v) is 3.02. The molecule has 0 aromatic heterocycles. The lowest BCUT2D eigenvalue weighted by atomic mass is 9.85. The summed E-state index contributed by atoms with van der Waals surface area (Å²) < 4.78 is 5.70. The molecule has 0 aliphatic heterocycles. The molecule has 0 saturated heterocycles. The first kappa shape index (κ1) is 14.4. The maximum Gasteiger partial charge on any atom is 0.123 e. The highest BCUT2D eigenvalue weighted by atomic mass is 35.5. The number of benzene rings is 1. The molecule has 0 bridgehead atoms. The fourth-order valence-corrected chi connectivity index (χ4v) is 2.00. The van der Waals surface area contributed by atoms with Gasteiger partial charge in [0, 0.05) is 5.88 Å². The first-order valence-corrected chi connectivity index (χ1v) is 6.84. The molecule has 0 amide bonds. The third kappa shape index (κ3) is 4.23. The van der Waals surface area contributed by atoms with Crippen LogP contribution in [0, 0.1) is 0 Å². The van der Waals surface area contributed by atoms with E-state index in [0.717, 1.165) is 24.5 Å². The van der Waals surface area contributed by atoms with Gasteiger partial charge in [-0.1, -0.05) is 32.9 Å². The van der Waals surface area contributed by atoms with Crippen molar-refractivity contribution in [3.8, 4) is 5.75 Å². The van der Waals surface area contributed by atoms with Crippen molar-refractivity contribution in [3.63, 3.8) is 0 Å². The molecule has 96 valence electrons. The van der Waals surface area contributed by atoms with Crippen LogP contribution in [0.15, 0.2) is 18.2 Å². The summed E-state index contributed by atoms with van der Waals surface area (Å²) in [5.74, 6) is 1.73. The van der Waals surface area contributed by atoms with Crippen molar-refractivity contribution in [2.45, 2.75) is 46.0 Å². The van der Waals surface area contributed by atoms with Gasteiger partial charge in [0.15, 0.2) is 0 Å². The van der Waals surface area contributed by atoms with E-state index in [2.05, 4.69) is 39.0 Å². The van der Waals surface area contributed by atoms with Crippen LogP contribution in [0.2, 0.25) is 0 Å². The third-order valence-electron chi connectivity index (χ3n) is 2.75. The molecule has 0 aliphatic rings. The standard InChI is InChI=1S/C15H23ClO/c1-5-17-14-9-8-12(7-6-10-16)11-13(14)15(2,3)4/h8-9,11H,5-7,10H2,1-4H3. The summed E-state index contributed by atoms with van der Waals surface area (Å²) in [7, 11) is 0. The van der Waals surface area contributed by atoms with Crippen LogP contribution in [0.4, 0.5) is 0 Å². The van der Waals surface area contributed by atoms with Crippen molar-refractivity contribution in [2.75, 3.05) is 12.5 Å². The van der Waals surface area contributed by atoms with Crippen molar-refractivity contribution in [1.82, 2.24) is 0 Å². The van der Waals surface area contributed by atoms with E-state index in [1.165, 1.54) is 11.1 Å². The molecule has 1 rings (SSSR count). The Morgan fingerprint density at radius 1 is 1.24 bits per heavy atom. The van der Waals surface area contributed by atoms with E-state index in [1.54, 1.807) is 0 Å². The van der Waals surface area contributed by atoms with Crippen LogP contribution >= 0.6 is 11.6 Å². The Labute approximate surface area is 110 Å². The molecular weight excluding hydrogens is 232 g/mol. The van der Waals surface area contributed by atoms with Crippen molar-refractivity contribution < 1.29 is 4.74 Å². The Morgan fingerprint density at radius 3 is 2.47 bits per heavy atom. The highest BCUT2D eigenvalue weighted by molar-refractivity contribution is 6.17. The average Bonchev–Trinajstić information content (AvgIpc) is 2.26. The van der Waals surface area contributed by atoms with Gasteiger partial charge < -0.3 is 4.74 Å². The number of aryl methyl sites for hydroxylation is 1. The van der Waals surface area contributed by atoms with E-state index in [1.807, 2.05) is 6.92 Å². The molecule has 0 aliphatic carbocycles. The maximum absolute atomic E-state index is 5.74. The van der Waals surface area contributed by atoms with E-state index in [4.69, 9.17) is 16.3 Å². The number of ether oxygens (including phenoxy) is 1. The molecule has 1 aromatic rings. The second-order valence-corrected chi connectivity index (χ2v) is 5.68. The molecule has 0 fully saturated rings. The van der Waals surface area contributed by atoms with Gasteiger partial charge in [0.2, 0.25) is 0 Å². The first-order valence-electron chi connectivity index (χ1n) is 6.31. The smallest absolute Gasteiger partial charge is 0.123 e. The number of alkyl halides is 1. The average molecular weight is 255 g/mol. The lowest BCUT2D eigenvalue weighted by molar-refractivity contribution is 0.329. The van der Waals surface area contributed by atoms with E-state index >= 15 is 0 Å². The van der Waals surface area contributed by atoms with Crippen LogP contribution in [0.3, 0.4) is 0 Å². The minimum absolute atomic E-state index is 0.113. The molecule has 0 heterocycles. The molecule has 2 heteroatoms. The summed E-state index contributed by atoms with van der Waals surface area (Å²) in [5, 5.41) is 0. The van der Waals surface area contributed by atoms with E-state index in [0.29, 0.717) is 6.61 Å². The van der Waals surface area contributed by atoms with Gasteiger partial charge in [-0.15, -0.1) is 11.6 Å². The van der Waals surface area contributed by atoms with Gasteiger partial charge in [0.1, 0.15) is 5.75 Å². The van der Waals surface area contributed by atoms with E-state index < -0.39 is 0 Å². The van der Waals surface area contributed by atoms with Crippen LogP contribution in [-0.4, -0.2) is 12.5 Å². The Bertz CT molecular complexity index is 352. The molecule has 1 aromatic carbocycles. The van der Waals surface area contributed by atoms with Crippen LogP contribution in [-0.2, 0) is 11.8 Å². The minimum Gasteiger partial charge on any atom is -0.494 e. The summed E-state index contributed by atoms with van der Waals surface area (Å²) in [6.07, 6.45) is 2.07. The van der Waals surface area contributed by atoms with E-state index in [9.17, 15) is 0 Å². The van der Waals surface area contributed by atoms with Gasteiger partial charge in [-0.2, -0.15) is 0 Å². The van der Waals surface area contributed by atoms with Crippen molar-refractivity contribution in [3.05, 3.63) is 29.3 Å². The summed E-state index contributed by atoms with van der Waals surface area (Å²) in [6, 6.07) is 6.50. The predicted octanol–water partition coefficient (Wildman–Crippen LogP) is 4.55. The lowest BCUT2D eigenvalue weighted by Crippen LogP contribution is -2.14. The van der Waals surface area contributed by atoms with Crippen LogP contribution in [0.25, 0.3) is 0 Å². The quantitative estimate of drug-likeness (QED) is 0.701. The van der Waals surface area contributed by atoms with E-state index in [-0.39, 0.29) is 5.41 Å². The maximum atomic E-state index is 5.74. The number of halogens is 1. The molecule has 0 radical (unpaired) electrons. The highest BCUT2D eigenvalue weighted by Gasteiger charge is 2.19. The zero-order valence-electron chi connectivity index (χ0n) is 11.3. The molecular formula is C15H23ClO. The lowest BCUT2D eigenvalue weighted by Gasteiger charge is -2.23. The molecule has 0 spiro atoms. The molecule has 0 saturated carbocycles. The second-order valence-electron chi connectivity index (χ2n) is 5.31. The minimum atomic E-state index is 0.113. The fourth-order valence-electron chi connectivity index (χ4n) is 1.87. The summed E-state index contributed by atoms with van der Waals surface area (Å²) >= 11 is 5.74. The molecule has 0 atom stereocenters. The number of hydrogen-bond acceptors (Lipinski definition) is 1. The van der Waals surface area contributed by atoms with Crippen molar-refractivity contribution in [1.29, 1.82) is 0 Å². The molecule has 17 heavy (non-hydrogen) atoms. The monoisotopic (exact) mass is 254 g/mol. The van der Waals surface area contributed by atoms with Crippen LogP contribution in [0.1, 0.15) is 45.2 Å². The number of hydrogen-bond donors (Lipinski definition) is 0.